The second-order valence-corrected chi connectivity index (χ2v) is 5.84. The van der Waals surface area contributed by atoms with Gasteiger partial charge in [0.15, 0.2) is 0 Å². The van der Waals surface area contributed by atoms with Crippen molar-refractivity contribution in [3.8, 4) is 11.3 Å². The minimum Gasteiger partial charge on any atom is -0.348 e. The highest BCUT2D eigenvalue weighted by Crippen LogP contribution is 2.21. The molecule has 1 amide bonds. The molecule has 0 aliphatic carbocycles. The van der Waals surface area contributed by atoms with Crippen LogP contribution < -0.4 is 10.6 Å². The lowest BCUT2D eigenvalue weighted by Gasteiger charge is -2.18. The van der Waals surface area contributed by atoms with Crippen LogP contribution in [0.4, 0.5) is 0 Å². The number of rotatable bonds is 4. The predicted octanol–water partition coefficient (Wildman–Crippen LogP) is 2.02. The molecule has 2 N–H and O–H groups in total. The first-order valence-corrected chi connectivity index (χ1v) is 7.77. The average molecular weight is 298 g/mol. The van der Waals surface area contributed by atoms with Gasteiger partial charge in [-0.05, 0) is 43.5 Å². The topological polar surface area (TPSA) is 59.0 Å². The quantitative estimate of drug-likeness (QED) is 0.908. The van der Waals surface area contributed by atoms with Crippen LogP contribution in [0, 0.1) is 0 Å². The van der Waals surface area contributed by atoms with Gasteiger partial charge >= 0.3 is 0 Å². The van der Waals surface area contributed by atoms with E-state index < -0.39 is 0 Å². The van der Waals surface area contributed by atoms with E-state index in [1.807, 2.05) is 24.7 Å². The van der Waals surface area contributed by atoms with Crippen LogP contribution in [-0.2, 0) is 11.8 Å². The fourth-order valence-electron chi connectivity index (χ4n) is 2.91. The number of nitrogens with one attached hydrogen (secondary N) is 2. The monoisotopic (exact) mass is 298 g/mol. The van der Waals surface area contributed by atoms with E-state index in [0.717, 1.165) is 36.2 Å². The van der Waals surface area contributed by atoms with Gasteiger partial charge in [-0.1, -0.05) is 24.3 Å². The molecule has 0 bridgehead atoms. The van der Waals surface area contributed by atoms with Crippen LogP contribution in [0.1, 0.15) is 31.4 Å². The molecule has 5 nitrogen and oxygen atoms in total. The molecule has 1 aliphatic heterocycles. The summed E-state index contributed by atoms with van der Waals surface area (Å²) in [6.07, 6.45) is 3.80. The van der Waals surface area contributed by atoms with Crippen molar-refractivity contribution < 1.29 is 4.79 Å². The number of nitrogens with zero attached hydrogens (tertiary/aromatic N) is 2. The Hall–Kier alpha value is -2.14. The van der Waals surface area contributed by atoms with Crippen LogP contribution in [0.15, 0.2) is 36.5 Å². The van der Waals surface area contributed by atoms with Crippen molar-refractivity contribution in [2.75, 3.05) is 6.54 Å². The minimum absolute atomic E-state index is 0.00971. The number of hydrogen-bond donors (Lipinski definition) is 2. The largest absolute Gasteiger partial charge is 0.348 e. The van der Waals surface area contributed by atoms with Gasteiger partial charge in [-0.2, -0.15) is 5.10 Å². The van der Waals surface area contributed by atoms with Gasteiger partial charge in [0.05, 0.1) is 17.8 Å². The minimum atomic E-state index is -0.0313. The Balaban J connectivity index is 1.67. The van der Waals surface area contributed by atoms with E-state index in [2.05, 4.69) is 40.0 Å². The highest BCUT2D eigenvalue weighted by molar-refractivity contribution is 5.82. The number of hydrogen-bond acceptors (Lipinski definition) is 3. The summed E-state index contributed by atoms with van der Waals surface area (Å²) in [5.74, 6) is 0.0979. The third-order valence-corrected chi connectivity index (χ3v) is 4.26. The highest BCUT2D eigenvalue weighted by atomic mass is 16.2. The Bertz CT molecular complexity index is 641. The van der Waals surface area contributed by atoms with Gasteiger partial charge in [-0.3, -0.25) is 9.48 Å². The molecule has 1 aromatic heterocycles. The van der Waals surface area contributed by atoms with Crippen molar-refractivity contribution in [1.29, 1.82) is 0 Å². The summed E-state index contributed by atoms with van der Waals surface area (Å²) in [7, 11) is 1.93. The molecular formula is C17H22N4O. The molecule has 2 unspecified atom stereocenters. The Morgan fingerprint density at radius 1 is 1.36 bits per heavy atom. The Kier molecular flexibility index (Phi) is 4.24. The molecule has 2 heterocycles. The summed E-state index contributed by atoms with van der Waals surface area (Å²) in [6.45, 7) is 2.96. The number of aryl methyl sites for hydroxylation is 1. The molecule has 5 heteroatoms. The summed E-state index contributed by atoms with van der Waals surface area (Å²) in [4.78, 5) is 12.1. The van der Waals surface area contributed by atoms with Crippen molar-refractivity contribution in [3.63, 3.8) is 0 Å². The summed E-state index contributed by atoms with van der Waals surface area (Å²) in [5.41, 5.74) is 3.32. The van der Waals surface area contributed by atoms with E-state index in [1.54, 1.807) is 6.20 Å². The number of amides is 1. The molecule has 2 aromatic rings. The molecule has 0 radical (unpaired) electrons. The molecule has 1 saturated heterocycles. The predicted molar refractivity (Wildman–Crippen MR) is 86.2 cm³/mol. The summed E-state index contributed by atoms with van der Waals surface area (Å²) >= 11 is 0. The van der Waals surface area contributed by atoms with Crippen LogP contribution in [0.5, 0.6) is 0 Å². The van der Waals surface area contributed by atoms with Crippen molar-refractivity contribution >= 4 is 5.91 Å². The molecule has 3 rings (SSSR count). The number of benzene rings is 1. The van der Waals surface area contributed by atoms with Crippen LogP contribution in [0.25, 0.3) is 11.3 Å². The van der Waals surface area contributed by atoms with Crippen LogP contribution in [0.2, 0.25) is 0 Å². The maximum atomic E-state index is 12.1. The second kappa shape index (κ2) is 6.32. The van der Waals surface area contributed by atoms with Gasteiger partial charge in [0.25, 0.3) is 0 Å². The molecule has 116 valence electrons. The van der Waals surface area contributed by atoms with Gasteiger partial charge in [0.2, 0.25) is 5.91 Å². The molecule has 1 aliphatic rings. The van der Waals surface area contributed by atoms with Gasteiger partial charge in [-0.25, -0.2) is 0 Å². The van der Waals surface area contributed by atoms with Crippen molar-refractivity contribution in [1.82, 2.24) is 20.4 Å². The number of carbonyl (C=O) groups is 1. The van der Waals surface area contributed by atoms with Gasteiger partial charge in [-0.15, -0.1) is 0 Å². The lowest BCUT2D eigenvalue weighted by Crippen LogP contribution is -2.41. The molecule has 2 atom stereocenters. The molecule has 0 spiro atoms. The molecule has 1 fully saturated rings. The van der Waals surface area contributed by atoms with E-state index in [4.69, 9.17) is 0 Å². The van der Waals surface area contributed by atoms with Crippen LogP contribution in [0.3, 0.4) is 0 Å². The zero-order chi connectivity index (χ0) is 15.5. The van der Waals surface area contributed by atoms with E-state index in [9.17, 15) is 4.79 Å². The van der Waals surface area contributed by atoms with Gasteiger partial charge in [0, 0.05) is 13.2 Å². The summed E-state index contributed by atoms with van der Waals surface area (Å²) in [6, 6.07) is 10.2. The zero-order valence-corrected chi connectivity index (χ0v) is 13.0. The highest BCUT2D eigenvalue weighted by Gasteiger charge is 2.23. The fourth-order valence-corrected chi connectivity index (χ4v) is 2.91. The molecule has 0 saturated carbocycles. The fraction of sp³-hybridized carbons (Fsp3) is 0.412. The van der Waals surface area contributed by atoms with Crippen LogP contribution in [-0.4, -0.2) is 28.3 Å². The molecule has 1 aromatic carbocycles. The average Bonchev–Trinajstić information content (AvgIpc) is 3.18. The standard InChI is InChI=1S/C17H22N4O/c1-12(20-17(22)15-4-3-10-18-15)13-5-7-14(8-6-13)16-9-11-19-21(16)2/h5-9,11-12,15,18H,3-4,10H2,1-2H3,(H,20,22). The van der Waals surface area contributed by atoms with Crippen molar-refractivity contribution in [3.05, 3.63) is 42.1 Å². The van der Waals surface area contributed by atoms with E-state index in [0.29, 0.717) is 0 Å². The SMILES string of the molecule is CC(NC(=O)C1CCCN1)c1ccc(-c2ccnn2C)cc1. The lowest BCUT2D eigenvalue weighted by molar-refractivity contribution is -0.123. The smallest absolute Gasteiger partial charge is 0.237 e. The Labute approximate surface area is 130 Å². The first-order valence-electron chi connectivity index (χ1n) is 7.77. The Morgan fingerprint density at radius 3 is 2.73 bits per heavy atom. The number of carbonyl (C=O) groups excluding carboxylic acids is 1. The normalized spacial score (nSPS) is 19.1. The lowest BCUT2D eigenvalue weighted by atomic mass is 10.0. The van der Waals surface area contributed by atoms with E-state index >= 15 is 0 Å². The van der Waals surface area contributed by atoms with Gasteiger partial charge in [0.1, 0.15) is 0 Å². The molecular weight excluding hydrogens is 276 g/mol. The first kappa shape index (κ1) is 14.8. The zero-order valence-electron chi connectivity index (χ0n) is 13.0. The maximum absolute atomic E-state index is 12.1. The van der Waals surface area contributed by atoms with Crippen molar-refractivity contribution in [2.45, 2.75) is 31.8 Å². The van der Waals surface area contributed by atoms with E-state index in [1.165, 1.54) is 0 Å². The maximum Gasteiger partial charge on any atom is 0.237 e. The first-order chi connectivity index (χ1) is 10.6. The third kappa shape index (κ3) is 3.04. The summed E-state index contributed by atoms with van der Waals surface area (Å²) < 4.78 is 1.85. The second-order valence-electron chi connectivity index (χ2n) is 5.84. The van der Waals surface area contributed by atoms with Crippen molar-refractivity contribution in [2.24, 2.45) is 7.05 Å². The Morgan fingerprint density at radius 2 is 2.14 bits per heavy atom. The number of aromatic nitrogens is 2. The third-order valence-electron chi connectivity index (χ3n) is 4.26. The van der Waals surface area contributed by atoms with Gasteiger partial charge < -0.3 is 10.6 Å². The van der Waals surface area contributed by atoms with E-state index in [-0.39, 0.29) is 18.0 Å². The molecule has 22 heavy (non-hydrogen) atoms. The van der Waals surface area contributed by atoms with Crippen LogP contribution >= 0.6 is 0 Å². The summed E-state index contributed by atoms with van der Waals surface area (Å²) in [5, 5.41) is 10.5.